The number of carbonyl (C=O) groups is 2. The molecule has 6 rings (SSSR count). The van der Waals surface area contributed by atoms with Gasteiger partial charge in [0.15, 0.2) is 6.10 Å². The molecule has 2 amide bonds. The summed E-state index contributed by atoms with van der Waals surface area (Å²) in [7, 11) is 0. The van der Waals surface area contributed by atoms with Gasteiger partial charge >= 0.3 is 0 Å². The van der Waals surface area contributed by atoms with E-state index < -0.39 is 18.1 Å². The van der Waals surface area contributed by atoms with Crippen molar-refractivity contribution in [3.8, 4) is 0 Å². The molecular weight excluding hydrogens is 444 g/mol. The summed E-state index contributed by atoms with van der Waals surface area (Å²) in [5.41, 5.74) is 2.36. The molecule has 0 saturated carbocycles. The van der Waals surface area contributed by atoms with Crippen LogP contribution in [-0.4, -0.2) is 24.2 Å². The van der Waals surface area contributed by atoms with E-state index in [1.165, 1.54) is 4.90 Å². The quantitative estimate of drug-likeness (QED) is 0.289. The third kappa shape index (κ3) is 3.22. The largest absolute Gasteiger partial charge is 0.273 e. The summed E-state index contributed by atoms with van der Waals surface area (Å²) in [5.74, 6) is -1.20. The van der Waals surface area contributed by atoms with E-state index in [4.69, 9.17) is 4.84 Å². The molecule has 0 radical (unpaired) electrons. The molecule has 0 bridgehead atoms. The number of nitrogens with zero attached hydrogens (tertiary/aromatic N) is 2. The van der Waals surface area contributed by atoms with E-state index in [9.17, 15) is 9.59 Å². The molecule has 34 heavy (non-hydrogen) atoms. The van der Waals surface area contributed by atoms with Gasteiger partial charge in [0.2, 0.25) is 5.91 Å². The molecule has 2 aliphatic rings. The number of para-hydroxylation sites is 1. The fourth-order valence-electron chi connectivity index (χ4n) is 4.99. The second-order valence-corrected chi connectivity index (χ2v) is 9.32. The Labute approximate surface area is 201 Å². The van der Waals surface area contributed by atoms with Gasteiger partial charge in [-0.1, -0.05) is 66.7 Å². The third-order valence-electron chi connectivity index (χ3n) is 6.59. The number of hydrogen-bond acceptors (Lipinski definition) is 5. The number of carbonyl (C=O) groups excluding carboxylic acids is 2. The van der Waals surface area contributed by atoms with Crippen LogP contribution in [-0.2, 0) is 14.4 Å². The van der Waals surface area contributed by atoms with Crippen molar-refractivity contribution in [2.75, 3.05) is 16.2 Å². The lowest BCUT2D eigenvalue weighted by Crippen LogP contribution is -2.37. The van der Waals surface area contributed by atoms with Crippen LogP contribution in [0, 0.1) is 5.92 Å². The highest BCUT2D eigenvalue weighted by atomic mass is 32.2. The van der Waals surface area contributed by atoms with Crippen LogP contribution in [0.1, 0.15) is 11.6 Å². The monoisotopic (exact) mass is 466 g/mol. The first-order chi connectivity index (χ1) is 16.7. The first-order valence-corrected chi connectivity index (χ1v) is 12.4. The summed E-state index contributed by atoms with van der Waals surface area (Å²) in [5, 5.41) is 3.58. The maximum atomic E-state index is 13.9. The van der Waals surface area contributed by atoms with Crippen LogP contribution in [0.4, 0.5) is 11.4 Å². The molecular formula is C28H22N2O3S. The van der Waals surface area contributed by atoms with Gasteiger partial charge in [-0.2, -0.15) is 0 Å². The summed E-state index contributed by atoms with van der Waals surface area (Å²) in [4.78, 5) is 36.3. The third-order valence-corrected chi connectivity index (χ3v) is 7.33. The van der Waals surface area contributed by atoms with Crippen molar-refractivity contribution >= 4 is 45.7 Å². The highest BCUT2D eigenvalue weighted by Crippen LogP contribution is 2.48. The minimum Gasteiger partial charge on any atom is -0.273 e. The Hall–Kier alpha value is -3.61. The van der Waals surface area contributed by atoms with Gasteiger partial charge in [0.05, 0.1) is 17.4 Å². The van der Waals surface area contributed by atoms with Crippen LogP contribution >= 0.6 is 11.8 Å². The molecule has 0 N–H and O–H groups in total. The minimum atomic E-state index is -0.878. The lowest BCUT2D eigenvalue weighted by Gasteiger charge is -2.29. The average molecular weight is 467 g/mol. The predicted octanol–water partition coefficient (Wildman–Crippen LogP) is 5.61. The Morgan fingerprint density at radius 2 is 1.47 bits per heavy atom. The van der Waals surface area contributed by atoms with E-state index in [1.807, 2.05) is 103 Å². The number of anilines is 2. The Kier molecular flexibility index (Phi) is 5.12. The topological polar surface area (TPSA) is 49.9 Å². The molecule has 0 spiro atoms. The highest BCUT2D eigenvalue weighted by Gasteiger charge is 2.60. The Balaban J connectivity index is 1.45. The molecule has 2 heterocycles. The lowest BCUT2D eigenvalue weighted by molar-refractivity contribution is -0.126. The Bertz CT molecular complexity index is 1380. The summed E-state index contributed by atoms with van der Waals surface area (Å²) in [6.07, 6.45) is 1.15. The Morgan fingerprint density at radius 3 is 2.24 bits per heavy atom. The molecule has 2 fully saturated rings. The lowest BCUT2D eigenvalue weighted by atomic mass is 9.90. The van der Waals surface area contributed by atoms with Crippen molar-refractivity contribution in [3.05, 3.63) is 103 Å². The first kappa shape index (κ1) is 21.0. The molecule has 2 aliphatic heterocycles. The minimum absolute atomic E-state index is 0.233. The van der Waals surface area contributed by atoms with Crippen molar-refractivity contribution in [1.82, 2.24) is 0 Å². The van der Waals surface area contributed by atoms with Gasteiger partial charge in [-0.3, -0.25) is 14.4 Å². The number of fused-ring (bicyclic) bond motifs is 2. The number of rotatable bonds is 4. The maximum Gasteiger partial charge on any atom is 0.266 e. The number of imide groups is 1. The van der Waals surface area contributed by atoms with E-state index in [0.717, 1.165) is 26.9 Å². The summed E-state index contributed by atoms with van der Waals surface area (Å²) < 4.78 is 0. The molecule has 3 atom stereocenters. The van der Waals surface area contributed by atoms with Gasteiger partial charge < -0.3 is 0 Å². The number of amides is 2. The van der Waals surface area contributed by atoms with Gasteiger partial charge in [0.1, 0.15) is 5.92 Å². The number of benzene rings is 4. The first-order valence-electron chi connectivity index (χ1n) is 11.2. The van der Waals surface area contributed by atoms with Crippen LogP contribution in [0.2, 0.25) is 0 Å². The van der Waals surface area contributed by atoms with Crippen LogP contribution in [0.25, 0.3) is 10.8 Å². The van der Waals surface area contributed by atoms with Crippen molar-refractivity contribution in [3.63, 3.8) is 0 Å². The van der Waals surface area contributed by atoms with Gasteiger partial charge in [0.25, 0.3) is 5.91 Å². The zero-order valence-electron chi connectivity index (χ0n) is 18.5. The molecule has 0 aliphatic carbocycles. The fourth-order valence-corrected chi connectivity index (χ4v) is 5.40. The zero-order chi connectivity index (χ0) is 23.2. The molecule has 0 aromatic heterocycles. The molecule has 168 valence electrons. The van der Waals surface area contributed by atoms with Crippen molar-refractivity contribution in [1.29, 1.82) is 0 Å². The van der Waals surface area contributed by atoms with Gasteiger partial charge in [-0.25, -0.2) is 9.96 Å². The SMILES string of the molecule is CSc1ccc([C@H]2[C@H]3C(=O)N(c4cccc5ccccc45)C(=O)[C@@H]3ON2c2ccccc2)cc1. The van der Waals surface area contributed by atoms with E-state index in [1.54, 1.807) is 16.8 Å². The fraction of sp³-hybridized carbons (Fsp3) is 0.143. The van der Waals surface area contributed by atoms with Crippen LogP contribution in [0.3, 0.4) is 0 Å². The average Bonchev–Trinajstić information content (AvgIpc) is 3.40. The number of hydroxylamine groups is 1. The van der Waals surface area contributed by atoms with E-state index in [2.05, 4.69) is 0 Å². The van der Waals surface area contributed by atoms with E-state index in [0.29, 0.717) is 5.69 Å². The number of thioether (sulfide) groups is 1. The molecule has 2 saturated heterocycles. The summed E-state index contributed by atoms with van der Waals surface area (Å²) in [6, 6.07) is 30.8. The predicted molar refractivity (Wildman–Crippen MR) is 135 cm³/mol. The van der Waals surface area contributed by atoms with E-state index in [-0.39, 0.29) is 11.8 Å². The normalized spacial score (nSPS) is 22.0. The van der Waals surface area contributed by atoms with Gasteiger partial charge in [-0.15, -0.1) is 11.8 Å². The van der Waals surface area contributed by atoms with Crippen LogP contribution < -0.4 is 9.96 Å². The molecule has 6 heteroatoms. The molecule has 4 aromatic carbocycles. The second-order valence-electron chi connectivity index (χ2n) is 8.44. The maximum absolute atomic E-state index is 13.9. The summed E-state index contributed by atoms with van der Waals surface area (Å²) >= 11 is 1.66. The van der Waals surface area contributed by atoms with E-state index >= 15 is 0 Å². The Morgan fingerprint density at radius 1 is 0.765 bits per heavy atom. The smallest absolute Gasteiger partial charge is 0.266 e. The standard InChI is InChI=1S/C28H22N2O3S/c1-34-21-16-14-19(15-17-21)25-24-26(33-30(25)20-10-3-2-4-11-20)28(32)29(27(24)31)23-13-7-9-18-8-5-6-12-22(18)23/h2-17,24-26H,1H3/t24-,25+,26-/m1/s1. The summed E-state index contributed by atoms with van der Waals surface area (Å²) in [6.45, 7) is 0. The van der Waals surface area contributed by atoms with Crippen molar-refractivity contribution < 1.29 is 14.4 Å². The molecule has 0 unspecified atom stereocenters. The molecule has 5 nitrogen and oxygen atoms in total. The number of hydrogen-bond donors (Lipinski definition) is 0. The van der Waals surface area contributed by atoms with Crippen LogP contribution in [0.15, 0.2) is 102 Å². The molecule has 4 aromatic rings. The van der Waals surface area contributed by atoms with Gasteiger partial charge in [0, 0.05) is 10.3 Å². The van der Waals surface area contributed by atoms with Gasteiger partial charge in [-0.05, 0) is 47.5 Å². The second kappa shape index (κ2) is 8.31. The zero-order valence-corrected chi connectivity index (χ0v) is 19.3. The van der Waals surface area contributed by atoms with Crippen molar-refractivity contribution in [2.45, 2.75) is 17.0 Å². The van der Waals surface area contributed by atoms with Crippen molar-refractivity contribution in [2.24, 2.45) is 5.92 Å². The highest BCUT2D eigenvalue weighted by molar-refractivity contribution is 7.98. The van der Waals surface area contributed by atoms with Crippen LogP contribution in [0.5, 0.6) is 0 Å².